The molecule has 1 unspecified atom stereocenters. The second kappa shape index (κ2) is 4.97. The largest absolute Gasteiger partial charge is 0.497 e. The molecule has 0 saturated carbocycles. The molecule has 0 radical (unpaired) electrons. The van der Waals surface area contributed by atoms with Gasteiger partial charge in [-0.15, -0.1) is 0 Å². The number of methoxy groups -OCH3 is 1. The van der Waals surface area contributed by atoms with Gasteiger partial charge in [0.15, 0.2) is 5.78 Å². The van der Waals surface area contributed by atoms with E-state index in [9.17, 15) is 9.59 Å². The topological polar surface area (TPSA) is 89.6 Å². The average Bonchev–Trinajstić information content (AvgIpc) is 2.28. The van der Waals surface area contributed by atoms with Crippen molar-refractivity contribution in [2.45, 2.75) is 18.9 Å². The maximum absolute atomic E-state index is 11.8. The number of benzene rings is 1. The molecule has 17 heavy (non-hydrogen) atoms. The molecular weight excluding hydrogens is 222 g/mol. The van der Waals surface area contributed by atoms with E-state index in [-0.39, 0.29) is 12.2 Å². The van der Waals surface area contributed by atoms with E-state index < -0.39 is 11.5 Å². The van der Waals surface area contributed by atoms with Gasteiger partial charge < -0.3 is 15.6 Å². The predicted octanol–water partition coefficient (Wildman–Crippen LogP) is 1.07. The highest BCUT2D eigenvalue weighted by Crippen LogP contribution is 2.17. The van der Waals surface area contributed by atoms with Crippen LogP contribution in [0.1, 0.15) is 23.7 Å². The lowest BCUT2D eigenvalue weighted by Crippen LogP contribution is -2.46. The highest BCUT2D eigenvalue weighted by atomic mass is 16.5. The van der Waals surface area contributed by atoms with Crippen molar-refractivity contribution in [3.05, 3.63) is 29.8 Å². The van der Waals surface area contributed by atoms with Crippen LogP contribution >= 0.6 is 0 Å². The number of carboxylic acid groups (broad SMARTS) is 1. The van der Waals surface area contributed by atoms with Crippen LogP contribution in [0.5, 0.6) is 5.75 Å². The first-order valence-electron chi connectivity index (χ1n) is 5.06. The summed E-state index contributed by atoms with van der Waals surface area (Å²) in [5, 5.41) is 8.84. The number of carbonyl (C=O) groups excluding carboxylic acids is 1. The number of rotatable bonds is 5. The number of ether oxygens (including phenoxy) is 1. The molecule has 5 nitrogen and oxygen atoms in total. The number of carbonyl (C=O) groups is 2. The SMILES string of the molecule is COc1cccc(C(=O)CC(C)(N)C(=O)O)c1. The van der Waals surface area contributed by atoms with E-state index in [0.29, 0.717) is 11.3 Å². The fraction of sp³-hybridized carbons (Fsp3) is 0.333. The van der Waals surface area contributed by atoms with E-state index >= 15 is 0 Å². The lowest BCUT2D eigenvalue weighted by Gasteiger charge is -2.17. The lowest BCUT2D eigenvalue weighted by atomic mass is 9.93. The molecule has 92 valence electrons. The number of carboxylic acids is 1. The number of nitrogens with two attached hydrogens (primary N) is 1. The molecule has 1 aromatic carbocycles. The highest BCUT2D eigenvalue weighted by Gasteiger charge is 2.31. The number of hydrogen-bond acceptors (Lipinski definition) is 4. The number of ketones is 1. The van der Waals surface area contributed by atoms with Gasteiger partial charge in [-0.05, 0) is 19.1 Å². The summed E-state index contributed by atoms with van der Waals surface area (Å²) in [4.78, 5) is 22.6. The minimum absolute atomic E-state index is 0.254. The van der Waals surface area contributed by atoms with Crippen LogP contribution in [0.15, 0.2) is 24.3 Å². The zero-order chi connectivity index (χ0) is 13.1. The zero-order valence-corrected chi connectivity index (χ0v) is 9.77. The lowest BCUT2D eigenvalue weighted by molar-refractivity contribution is -0.142. The van der Waals surface area contributed by atoms with Gasteiger partial charge in [0.2, 0.25) is 0 Å². The fourth-order valence-corrected chi connectivity index (χ4v) is 1.31. The molecule has 0 saturated heterocycles. The monoisotopic (exact) mass is 237 g/mol. The second-order valence-corrected chi connectivity index (χ2v) is 4.05. The molecule has 5 heteroatoms. The van der Waals surface area contributed by atoms with Gasteiger partial charge in [-0.3, -0.25) is 9.59 Å². The number of Topliss-reactive ketones (excluding diaryl/α,β-unsaturated/α-hetero) is 1. The van der Waals surface area contributed by atoms with Gasteiger partial charge in [0.05, 0.1) is 7.11 Å². The van der Waals surface area contributed by atoms with Crippen molar-refractivity contribution in [2.75, 3.05) is 7.11 Å². The van der Waals surface area contributed by atoms with Gasteiger partial charge in [0.1, 0.15) is 11.3 Å². The Hall–Kier alpha value is -1.88. The molecular formula is C12H15NO4. The van der Waals surface area contributed by atoms with Crippen molar-refractivity contribution in [3.63, 3.8) is 0 Å². The Bertz CT molecular complexity index is 440. The molecule has 3 N–H and O–H groups in total. The van der Waals surface area contributed by atoms with E-state index in [2.05, 4.69) is 0 Å². The van der Waals surface area contributed by atoms with Crippen molar-refractivity contribution in [1.29, 1.82) is 0 Å². The molecule has 1 aromatic rings. The van der Waals surface area contributed by atoms with Crippen LogP contribution in [-0.4, -0.2) is 29.5 Å². The molecule has 0 bridgehead atoms. The molecule has 0 spiro atoms. The summed E-state index contributed by atoms with van der Waals surface area (Å²) in [7, 11) is 1.49. The third-order valence-corrected chi connectivity index (χ3v) is 2.41. The molecule has 0 aliphatic rings. The second-order valence-electron chi connectivity index (χ2n) is 4.05. The van der Waals surface area contributed by atoms with Crippen molar-refractivity contribution in [1.82, 2.24) is 0 Å². The van der Waals surface area contributed by atoms with Crippen LogP contribution in [0.3, 0.4) is 0 Å². The summed E-state index contributed by atoms with van der Waals surface area (Å²) in [6, 6.07) is 6.53. The Morgan fingerprint density at radius 3 is 2.65 bits per heavy atom. The van der Waals surface area contributed by atoms with Crippen LogP contribution in [0.2, 0.25) is 0 Å². The molecule has 0 fully saturated rings. The number of aliphatic carboxylic acids is 1. The Kier molecular flexibility index (Phi) is 3.85. The molecule has 0 amide bonds. The molecule has 1 rings (SSSR count). The number of hydrogen-bond donors (Lipinski definition) is 2. The van der Waals surface area contributed by atoms with E-state index in [1.807, 2.05) is 0 Å². The predicted molar refractivity (Wildman–Crippen MR) is 62.2 cm³/mol. The molecule has 0 aliphatic carbocycles. The van der Waals surface area contributed by atoms with Gasteiger partial charge in [0, 0.05) is 12.0 Å². The first-order chi connectivity index (χ1) is 7.86. The minimum Gasteiger partial charge on any atom is -0.497 e. The summed E-state index contributed by atoms with van der Waals surface area (Å²) >= 11 is 0. The van der Waals surface area contributed by atoms with Crippen LogP contribution in [-0.2, 0) is 4.79 Å². The Morgan fingerprint density at radius 1 is 1.47 bits per heavy atom. The average molecular weight is 237 g/mol. The Labute approximate surface area is 99.2 Å². The zero-order valence-electron chi connectivity index (χ0n) is 9.77. The Balaban J connectivity index is 2.86. The third kappa shape index (κ3) is 3.29. The van der Waals surface area contributed by atoms with Crippen LogP contribution in [0.25, 0.3) is 0 Å². The van der Waals surface area contributed by atoms with Gasteiger partial charge in [0.25, 0.3) is 0 Å². The first-order valence-corrected chi connectivity index (χ1v) is 5.06. The van der Waals surface area contributed by atoms with E-state index in [1.54, 1.807) is 24.3 Å². The first kappa shape index (κ1) is 13.2. The van der Waals surface area contributed by atoms with E-state index in [0.717, 1.165) is 0 Å². The fourth-order valence-electron chi connectivity index (χ4n) is 1.31. The quantitative estimate of drug-likeness (QED) is 0.747. The summed E-state index contributed by atoms with van der Waals surface area (Å²) in [5.41, 5.74) is 4.35. The van der Waals surface area contributed by atoms with E-state index in [1.165, 1.54) is 14.0 Å². The molecule has 0 aromatic heterocycles. The van der Waals surface area contributed by atoms with Crippen molar-refractivity contribution < 1.29 is 19.4 Å². The summed E-state index contributed by atoms with van der Waals surface area (Å²) in [5.74, 6) is -0.977. The summed E-state index contributed by atoms with van der Waals surface area (Å²) in [6.45, 7) is 1.31. The van der Waals surface area contributed by atoms with Gasteiger partial charge in [-0.2, -0.15) is 0 Å². The van der Waals surface area contributed by atoms with Crippen molar-refractivity contribution in [3.8, 4) is 5.75 Å². The van der Waals surface area contributed by atoms with Gasteiger partial charge in [-0.25, -0.2) is 0 Å². The highest BCUT2D eigenvalue weighted by molar-refractivity contribution is 6.00. The minimum atomic E-state index is -1.56. The standard InChI is InChI=1S/C12H15NO4/c1-12(13,11(15)16)7-10(14)8-4-3-5-9(6-8)17-2/h3-6H,7,13H2,1-2H3,(H,15,16). The third-order valence-electron chi connectivity index (χ3n) is 2.41. The van der Waals surface area contributed by atoms with Crippen molar-refractivity contribution >= 4 is 11.8 Å². The smallest absolute Gasteiger partial charge is 0.323 e. The maximum Gasteiger partial charge on any atom is 0.323 e. The summed E-state index contributed by atoms with van der Waals surface area (Å²) in [6.07, 6.45) is -0.254. The summed E-state index contributed by atoms with van der Waals surface area (Å²) < 4.78 is 4.98. The van der Waals surface area contributed by atoms with E-state index in [4.69, 9.17) is 15.6 Å². The van der Waals surface area contributed by atoms with Crippen LogP contribution < -0.4 is 10.5 Å². The molecule has 0 aliphatic heterocycles. The van der Waals surface area contributed by atoms with Gasteiger partial charge in [-0.1, -0.05) is 12.1 Å². The van der Waals surface area contributed by atoms with Crippen LogP contribution in [0, 0.1) is 0 Å². The molecule has 0 heterocycles. The van der Waals surface area contributed by atoms with Crippen molar-refractivity contribution in [2.24, 2.45) is 5.73 Å². The Morgan fingerprint density at radius 2 is 2.12 bits per heavy atom. The maximum atomic E-state index is 11.8. The van der Waals surface area contributed by atoms with Gasteiger partial charge >= 0.3 is 5.97 Å². The normalized spacial score (nSPS) is 13.8. The molecule has 1 atom stereocenters. The van der Waals surface area contributed by atoms with Crippen LogP contribution in [0.4, 0.5) is 0 Å².